The molecule has 4 aromatic heterocycles. The van der Waals surface area contributed by atoms with Crippen molar-refractivity contribution < 1.29 is 8.83 Å². The first-order valence-corrected chi connectivity index (χ1v) is 16.4. The highest BCUT2D eigenvalue weighted by Crippen LogP contribution is 2.52. The summed E-state index contributed by atoms with van der Waals surface area (Å²) in [6.45, 7) is 0. The quantitative estimate of drug-likeness (QED) is 0.196. The maximum Gasteiger partial charge on any atom is 0.227 e. The molecule has 5 heteroatoms. The monoisotopic (exact) mass is 620 g/mol. The first-order chi connectivity index (χ1) is 23.3. The summed E-state index contributed by atoms with van der Waals surface area (Å²) in [5.74, 6) is 0.614. The molecule has 4 nitrogen and oxygen atoms in total. The highest BCUT2D eigenvalue weighted by molar-refractivity contribution is 7.23. The van der Waals surface area contributed by atoms with Crippen LogP contribution < -0.4 is 0 Å². The molecule has 0 amide bonds. The van der Waals surface area contributed by atoms with E-state index in [-0.39, 0.29) is 0 Å². The first-order valence-electron chi connectivity index (χ1n) is 15.6. The van der Waals surface area contributed by atoms with Crippen LogP contribution in [0.4, 0.5) is 0 Å². The lowest BCUT2D eigenvalue weighted by molar-refractivity contribution is 0.620. The van der Waals surface area contributed by atoms with Gasteiger partial charge in [0.25, 0.3) is 0 Å². The Morgan fingerprint density at radius 1 is 0.468 bits per heavy atom. The van der Waals surface area contributed by atoms with Crippen LogP contribution in [0, 0.1) is 0 Å². The van der Waals surface area contributed by atoms with Gasteiger partial charge < -0.3 is 8.83 Å². The fourth-order valence-electron chi connectivity index (χ4n) is 6.76. The van der Waals surface area contributed by atoms with E-state index < -0.39 is 0 Å². The van der Waals surface area contributed by atoms with Gasteiger partial charge in [-0.15, -0.1) is 11.3 Å². The summed E-state index contributed by atoms with van der Waals surface area (Å²) in [6, 6.07) is 50.1. The number of thiophene rings is 1. The maximum absolute atomic E-state index is 6.65. The third kappa shape index (κ3) is 4.07. The Morgan fingerprint density at radius 3 is 1.98 bits per heavy atom. The molecule has 0 aliphatic carbocycles. The van der Waals surface area contributed by atoms with Crippen molar-refractivity contribution in [1.82, 2.24) is 9.97 Å². The number of furan rings is 1. The summed E-state index contributed by atoms with van der Waals surface area (Å²) < 4.78 is 13.9. The van der Waals surface area contributed by atoms with Crippen molar-refractivity contribution in [3.8, 4) is 44.3 Å². The number of fused-ring (bicyclic) bond motifs is 7. The highest BCUT2D eigenvalue weighted by atomic mass is 32.1. The predicted molar refractivity (Wildman–Crippen MR) is 194 cm³/mol. The van der Waals surface area contributed by atoms with Crippen molar-refractivity contribution >= 4 is 65.4 Å². The Balaban J connectivity index is 1.29. The minimum atomic E-state index is 0.614. The Morgan fingerprint density at radius 2 is 1.15 bits per heavy atom. The van der Waals surface area contributed by atoms with Crippen molar-refractivity contribution in [3.63, 3.8) is 0 Å². The smallest absolute Gasteiger partial charge is 0.227 e. The molecule has 6 aromatic carbocycles. The van der Waals surface area contributed by atoms with E-state index in [0.717, 1.165) is 87.0 Å². The lowest BCUT2D eigenvalue weighted by atomic mass is 9.94. The van der Waals surface area contributed by atoms with E-state index in [2.05, 4.69) is 103 Å². The van der Waals surface area contributed by atoms with E-state index in [1.165, 1.54) is 5.39 Å². The largest absolute Gasteiger partial charge is 0.455 e. The summed E-state index contributed by atoms with van der Waals surface area (Å²) >= 11 is 1.79. The standard InChI is InChI=1S/C42H24N2O2S/c1-2-11-25(12-3-1)38-41-36(30-14-4-6-17-32(30)43-38)37(31-16-10-15-29-28-13-5-8-19-34(28)45-39(29)31)40(47-41)26-21-23-27(24-22-26)42-44-33-18-7-9-20-35(33)46-42/h1-24H. The van der Waals surface area contributed by atoms with Crippen LogP contribution in [0.5, 0.6) is 0 Å². The van der Waals surface area contributed by atoms with Crippen LogP contribution in [0.3, 0.4) is 0 Å². The number of rotatable bonds is 4. The minimum absolute atomic E-state index is 0.614. The van der Waals surface area contributed by atoms with Crippen LogP contribution in [0.2, 0.25) is 0 Å². The maximum atomic E-state index is 6.65. The third-order valence-corrected chi connectivity index (χ3v) is 10.2. The van der Waals surface area contributed by atoms with Gasteiger partial charge >= 0.3 is 0 Å². The molecule has 0 saturated heterocycles. The van der Waals surface area contributed by atoms with E-state index in [9.17, 15) is 0 Å². The molecule has 10 aromatic rings. The van der Waals surface area contributed by atoms with Crippen LogP contribution in [-0.4, -0.2) is 9.97 Å². The van der Waals surface area contributed by atoms with Crippen LogP contribution in [0.15, 0.2) is 154 Å². The zero-order valence-corrected chi connectivity index (χ0v) is 25.8. The van der Waals surface area contributed by atoms with Crippen molar-refractivity contribution in [2.45, 2.75) is 0 Å². The highest BCUT2D eigenvalue weighted by Gasteiger charge is 2.25. The molecule has 0 atom stereocenters. The summed E-state index contributed by atoms with van der Waals surface area (Å²) in [7, 11) is 0. The number of benzene rings is 6. The Hall–Kier alpha value is -6.04. The van der Waals surface area contributed by atoms with E-state index >= 15 is 0 Å². The second-order valence-electron chi connectivity index (χ2n) is 11.7. The number of aromatic nitrogens is 2. The van der Waals surface area contributed by atoms with Gasteiger partial charge in [0.1, 0.15) is 16.7 Å². The molecule has 0 aliphatic rings. The predicted octanol–water partition coefficient (Wildman–Crippen LogP) is 12.2. The van der Waals surface area contributed by atoms with Gasteiger partial charge in [-0.05, 0) is 42.0 Å². The first kappa shape index (κ1) is 26.2. The number of nitrogens with zero attached hydrogens (tertiary/aromatic N) is 2. The summed E-state index contributed by atoms with van der Waals surface area (Å²) in [4.78, 5) is 11.1. The zero-order valence-electron chi connectivity index (χ0n) is 25.0. The minimum Gasteiger partial charge on any atom is -0.455 e. The van der Waals surface area contributed by atoms with Gasteiger partial charge in [-0.1, -0.05) is 109 Å². The van der Waals surface area contributed by atoms with Gasteiger partial charge in [0.2, 0.25) is 5.89 Å². The molecule has 47 heavy (non-hydrogen) atoms. The molecule has 0 spiro atoms. The SMILES string of the molecule is c1ccc(-c2nc3ccccc3c3c(-c4cccc5c4oc4ccccc45)c(-c4ccc(-c5nc6ccccc6o5)cc4)sc23)cc1. The fourth-order valence-corrected chi connectivity index (χ4v) is 8.11. The average molecular weight is 621 g/mol. The Bertz CT molecular complexity index is 2760. The van der Waals surface area contributed by atoms with Crippen LogP contribution >= 0.6 is 11.3 Å². The molecule has 0 radical (unpaired) electrons. The molecular formula is C42H24N2O2S. The van der Waals surface area contributed by atoms with E-state index in [1.54, 1.807) is 11.3 Å². The molecule has 4 heterocycles. The lowest BCUT2D eigenvalue weighted by Crippen LogP contribution is -1.88. The van der Waals surface area contributed by atoms with Gasteiger partial charge in [0, 0.05) is 48.7 Å². The fraction of sp³-hybridized carbons (Fsp3) is 0. The second-order valence-corrected chi connectivity index (χ2v) is 12.7. The summed E-state index contributed by atoms with van der Waals surface area (Å²) in [5, 5.41) is 4.53. The Kier molecular flexibility index (Phi) is 5.71. The molecule has 0 bridgehead atoms. The molecule has 0 saturated carbocycles. The third-order valence-electron chi connectivity index (χ3n) is 8.94. The average Bonchev–Trinajstić information content (AvgIpc) is 3.86. The van der Waals surface area contributed by atoms with E-state index in [4.69, 9.17) is 18.8 Å². The number of hydrogen-bond acceptors (Lipinski definition) is 5. The molecule has 0 fully saturated rings. The van der Waals surface area contributed by atoms with E-state index in [0.29, 0.717) is 5.89 Å². The molecule has 10 rings (SSSR count). The summed E-state index contributed by atoms with van der Waals surface area (Å²) in [5.41, 5.74) is 10.7. The molecular weight excluding hydrogens is 597 g/mol. The van der Waals surface area contributed by atoms with Gasteiger partial charge in [0.15, 0.2) is 5.58 Å². The number of oxazole rings is 1. The normalized spacial score (nSPS) is 11.8. The second kappa shape index (κ2) is 10.2. The topological polar surface area (TPSA) is 52.1 Å². The zero-order chi connectivity index (χ0) is 30.9. The van der Waals surface area contributed by atoms with Gasteiger partial charge in [-0.25, -0.2) is 9.97 Å². The van der Waals surface area contributed by atoms with Gasteiger partial charge in [0.05, 0.1) is 15.9 Å². The van der Waals surface area contributed by atoms with Gasteiger partial charge in [-0.3, -0.25) is 0 Å². The van der Waals surface area contributed by atoms with Crippen molar-refractivity contribution in [3.05, 3.63) is 146 Å². The van der Waals surface area contributed by atoms with Crippen LogP contribution in [-0.2, 0) is 0 Å². The van der Waals surface area contributed by atoms with Crippen molar-refractivity contribution in [1.29, 1.82) is 0 Å². The summed E-state index contributed by atoms with van der Waals surface area (Å²) in [6.07, 6.45) is 0. The molecule has 0 aliphatic heterocycles. The van der Waals surface area contributed by atoms with Crippen LogP contribution in [0.25, 0.3) is 98.3 Å². The molecule has 0 N–H and O–H groups in total. The molecule has 0 unspecified atom stereocenters. The van der Waals surface area contributed by atoms with Gasteiger partial charge in [-0.2, -0.15) is 0 Å². The number of para-hydroxylation sites is 5. The molecule has 220 valence electrons. The van der Waals surface area contributed by atoms with Crippen molar-refractivity contribution in [2.24, 2.45) is 0 Å². The van der Waals surface area contributed by atoms with Crippen LogP contribution in [0.1, 0.15) is 0 Å². The lowest BCUT2D eigenvalue weighted by Gasteiger charge is -2.10. The number of hydrogen-bond donors (Lipinski definition) is 0. The number of pyridine rings is 1. The van der Waals surface area contributed by atoms with E-state index in [1.807, 2.05) is 42.5 Å². The van der Waals surface area contributed by atoms with Crippen molar-refractivity contribution in [2.75, 3.05) is 0 Å². The Labute approximate surface area is 273 Å².